The van der Waals surface area contributed by atoms with Gasteiger partial charge in [0, 0.05) is 12.1 Å². The third-order valence-electron chi connectivity index (χ3n) is 3.52. The minimum Gasteiger partial charge on any atom is -0.306 e. The summed E-state index contributed by atoms with van der Waals surface area (Å²) in [5.74, 6) is 0. The molecule has 0 heterocycles. The molecule has 0 N–H and O–H groups in total. The lowest BCUT2D eigenvalue weighted by Crippen LogP contribution is -2.40. The van der Waals surface area contributed by atoms with E-state index in [9.17, 15) is 0 Å². The van der Waals surface area contributed by atoms with Crippen LogP contribution in [0.3, 0.4) is 0 Å². The lowest BCUT2D eigenvalue weighted by atomic mass is 9.90. The molecule has 1 aliphatic rings. The van der Waals surface area contributed by atoms with Gasteiger partial charge in [0.25, 0.3) is 0 Å². The van der Waals surface area contributed by atoms with Crippen molar-refractivity contribution >= 4 is 0 Å². The first-order valence-electron chi connectivity index (χ1n) is 5.51. The molecule has 0 spiro atoms. The molecule has 0 aromatic heterocycles. The Hall–Kier alpha value is -0.0800. The van der Waals surface area contributed by atoms with Crippen molar-refractivity contribution in [2.45, 2.75) is 44.7 Å². The monoisotopic (exact) mass is 184 g/mol. The van der Waals surface area contributed by atoms with Crippen LogP contribution in [0.25, 0.3) is 0 Å². The van der Waals surface area contributed by atoms with Crippen molar-refractivity contribution in [1.82, 2.24) is 9.80 Å². The molecule has 78 valence electrons. The molecule has 0 bridgehead atoms. The van der Waals surface area contributed by atoms with Gasteiger partial charge in [0.1, 0.15) is 0 Å². The first kappa shape index (κ1) is 11.0. The van der Waals surface area contributed by atoms with Crippen LogP contribution >= 0.6 is 0 Å². The average Bonchev–Trinajstić information content (AvgIpc) is 2.17. The predicted octanol–water partition coefficient (Wildman–Crippen LogP) is 1.81. The summed E-state index contributed by atoms with van der Waals surface area (Å²) < 4.78 is 0. The Kier molecular flexibility index (Phi) is 4.20. The molecule has 2 nitrogen and oxygen atoms in total. The van der Waals surface area contributed by atoms with E-state index >= 15 is 0 Å². The molecule has 13 heavy (non-hydrogen) atoms. The summed E-state index contributed by atoms with van der Waals surface area (Å²) in [6.45, 7) is 3.44. The van der Waals surface area contributed by atoms with Crippen molar-refractivity contribution in [1.29, 1.82) is 0 Å². The highest BCUT2D eigenvalue weighted by Gasteiger charge is 2.23. The summed E-state index contributed by atoms with van der Waals surface area (Å²) in [7, 11) is 6.66. The van der Waals surface area contributed by atoms with Gasteiger partial charge >= 0.3 is 0 Å². The topological polar surface area (TPSA) is 6.48 Å². The molecule has 0 unspecified atom stereocenters. The van der Waals surface area contributed by atoms with Gasteiger partial charge in [0.2, 0.25) is 0 Å². The van der Waals surface area contributed by atoms with Gasteiger partial charge in [0.15, 0.2) is 0 Å². The SMILES string of the molecule is CCN(C)C1CCC(N(C)C)CC1. The minimum atomic E-state index is 0.835. The molecule has 0 saturated heterocycles. The third-order valence-corrected chi connectivity index (χ3v) is 3.52. The fraction of sp³-hybridized carbons (Fsp3) is 1.00. The van der Waals surface area contributed by atoms with E-state index in [1.165, 1.54) is 32.2 Å². The largest absolute Gasteiger partial charge is 0.306 e. The van der Waals surface area contributed by atoms with E-state index in [0.29, 0.717) is 0 Å². The third kappa shape index (κ3) is 2.96. The quantitative estimate of drug-likeness (QED) is 0.660. The highest BCUT2D eigenvalue weighted by molar-refractivity contribution is 4.81. The Labute approximate surface area is 82.9 Å². The molecular weight excluding hydrogens is 160 g/mol. The van der Waals surface area contributed by atoms with Gasteiger partial charge in [-0.2, -0.15) is 0 Å². The van der Waals surface area contributed by atoms with Gasteiger partial charge in [-0.05, 0) is 53.4 Å². The maximum Gasteiger partial charge on any atom is 0.00932 e. The summed E-state index contributed by atoms with van der Waals surface area (Å²) >= 11 is 0. The van der Waals surface area contributed by atoms with Crippen LogP contribution in [-0.4, -0.2) is 49.6 Å². The molecular formula is C11H24N2. The average molecular weight is 184 g/mol. The maximum absolute atomic E-state index is 2.49. The van der Waals surface area contributed by atoms with Crippen molar-refractivity contribution in [3.05, 3.63) is 0 Å². The lowest BCUT2D eigenvalue weighted by Gasteiger charge is -2.36. The molecule has 1 fully saturated rings. The Morgan fingerprint density at radius 1 is 0.923 bits per heavy atom. The lowest BCUT2D eigenvalue weighted by molar-refractivity contribution is 0.142. The molecule has 1 saturated carbocycles. The Morgan fingerprint density at radius 2 is 1.38 bits per heavy atom. The van der Waals surface area contributed by atoms with Gasteiger partial charge in [-0.15, -0.1) is 0 Å². The first-order chi connectivity index (χ1) is 6.15. The predicted molar refractivity (Wildman–Crippen MR) is 58.0 cm³/mol. The van der Waals surface area contributed by atoms with Crippen LogP contribution in [0.2, 0.25) is 0 Å². The number of nitrogens with zero attached hydrogens (tertiary/aromatic N) is 2. The Bertz CT molecular complexity index is 137. The molecule has 2 heteroatoms. The van der Waals surface area contributed by atoms with Crippen LogP contribution in [0.5, 0.6) is 0 Å². The van der Waals surface area contributed by atoms with E-state index in [-0.39, 0.29) is 0 Å². The second-order valence-electron chi connectivity index (χ2n) is 4.50. The molecule has 1 rings (SSSR count). The van der Waals surface area contributed by atoms with E-state index in [1.807, 2.05) is 0 Å². The highest BCUT2D eigenvalue weighted by Crippen LogP contribution is 2.24. The number of hydrogen-bond acceptors (Lipinski definition) is 2. The van der Waals surface area contributed by atoms with Gasteiger partial charge in [-0.3, -0.25) is 0 Å². The summed E-state index contributed by atoms with van der Waals surface area (Å²) in [5.41, 5.74) is 0. The standard InChI is InChI=1S/C11H24N2/c1-5-13(4)11-8-6-10(7-9-11)12(2)3/h10-11H,5-9H2,1-4H3. The van der Waals surface area contributed by atoms with E-state index < -0.39 is 0 Å². The molecule has 0 radical (unpaired) electrons. The Morgan fingerprint density at radius 3 is 1.77 bits per heavy atom. The van der Waals surface area contributed by atoms with Gasteiger partial charge in [-0.1, -0.05) is 6.92 Å². The van der Waals surface area contributed by atoms with Crippen LogP contribution in [-0.2, 0) is 0 Å². The summed E-state index contributed by atoms with van der Waals surface area (Å²) in [5, 5.41) is 0. The van der Waals surface area contributed by atoms with Crippen molar-refractivity contribution in [3.63, 3.8) is 0 Å². The Balaban J connectivity index is 2.30. The van der Waals surface area contributed by atoms with E-state index in [2.05, 4.69) is 37.9 Å². The van der Waals surface area contributed by atoms with E-state index in [0.717, 1.165) is 12.1 Å². The highest BCUT2D eigenvalue weighted by atomic mass is 15.1. The van der Waals surface area contributed by atoms with Crippen LogP contribution in [0.15, 0.2) is 0 Å². The zero-order valence-electron chi connectivity index (χ0n) is 9.58. The van der Waals surface area contributed by atoms with Crippen molar-refractivity contribution < 1.29 is 0 Å². The minimum absolute atomic E-state index is 0.835. The summed E-state index contributed by atoms with van der Waals surface area (Å²) in [6.07, 6.45) is 5.52. The van der Waals surface area contributed by atoms with Crippen molar-refractivity contribution in [2.75, 3.05) is 27.7 Å². The fourth-order valence-corrected chi connectivity index (χ4v) is 2.27. The van der Waals surface area contributed by atoms with E-state index in [4.69, 9.17) is 0 Å². The molecule has 0 aromatic carbocycles. The summed E-state index contributed by atoms with van der Waals surface area (Å²) in [6, 6.07) is 1.68. The van der Waals surface area contributed by atoms with Crippen molar-refractivity contribution in [3.8, 4) is 0 Å². The smallest absolute Gasteiger partial charge is 0.00932 e. The van der Waals surface area contributed by atoms with Crippen LogP contribution in [0.4, 0.5) is 0 Å². The fourth-order valence-electron chi connectivity index (χ4n) is 2.27. The second kappa shape index (κ2) is 4.97. The molecule has 0 atom stereocenters. The maximum atomic E-state index is 2.49. The van der Waals surface area contributed by atoms with Crippen LogP contribution in [0, 0.1) is 0 Å². The van der Waals surface area contributed by atoms with E-state index in [1.54, 1.807) is 0 Å². The molecule has 0 amide bonds. The zero-order valence-corrected chi connectivity index (χ0v) is 9.58. The molecule has 0 aromatic rings. The van der Waals surface area contributed by atoms with Gasteiger partial charge in [0.05, 0.1) is 0 Å². The molecule has 0 aliphatic heterocycles. The first-order valence-corrected chi connectivity index (χ1v) is 5.51. The number of rotatable bonds is 3. The normalized spacial score (nSPS) is 30.0. The zero-order chi connectivity index (χ0) is 9.84. The van der Waals surface area contributed by atoms with Gasteiger partial charge < -0.3 is 9.80 Å². The second-order valence-corrected chi connectivity index (χ2v) is 4.50. The van der Waals surface area contributed by atoms with Gasteiger partial charge in [-0.25, -0.2) is 0 Å². The van der Waals surface area contributed by atoms with Crippen LogP contribution in [0.1, 0.15) is 32.6 Å². The van der Waals surface area contributed by atoms with Crippen LogP contribution < -0.4 is 0 Å². The van der Waals surface area contributed by atoms with Crippen molar-refractivity contribution in [2.24, 2.45) is 0 Å². The molecule has 1 aliphatic carbocycles. The number of hydrogen-bond donors (Lipinski definition) is 0. The summed E-state index contributed by atoms with van der Waals surface area (Å²) in [4.78, 5) is 4.87.